The molecule has 2 aromatic rings. The van der Waals surface area contributed by atoms with E-state index >= 15 is 0 Å². The molecule has 0 unspecified atom stereocenters. The quantitative estimate of drug-likeness (QED) is 0.535. The highest BCUT2D eigenvalue weighted by Gasteiger charge is 2.22. The minimum absolute atomic E-state index is 0.297. The van der Waals surface area contributed by atoms with Crippen molar-refractivity contribution in [2.24, 2.45) is 5.92 Å². The molecule has 0 saturated carbocycles. The molecule has 128 valence electrons. The van der Waals surface area contributed by atoms with Gasteiger partial charge in [-0.1, -0.05) is 26.0 Å². The number of rotatable bonds is 8. The summed E-state index contributed by atoms with van der Waals surface area (Å²) in [5.41, 5.74) is 0.859. The predicted molar refractivity (Wildman–Crippen MR) is 99.9 cm³/mol. The second kappa shape index (κ2) is 8.06. The molecule has 0 aliphatic carbocycles. The number of esters is 1. The van der Waals surface area contributed by atoms with Gasteiger partial charge >= 0.3 is 5.97 Å². The van der Waals surface area contributed by atoms with Gasteiger partial charge in [-0.3, -0.25) is 0 Å². The highest BCUT2D eigenvalue weighted by Crippen LogP contribution is 2.35. The molecule has 0 spiro atoms. The summed E-state index contributed by atoms with van der Waals surface area (Å²) in [7, 11) is 0. The molecular weight excluding hydrogens is 322 g/mol. The van der Waals surface area contributed by atoms with Crippen LogP contribution in [0.25, 0.3) is 10.2 Å². The first kappa shape index (κ1) is 18.1. The van der Waals surface area contributed by atoms with Crippen molar-refractivity contribution in [2.75, 3.05) is 24.6 Å². The fraction of sp³-hybridized carbons (Fsp3) is 0.389. The van der Waals surface area contributed by atoms with E-state index in [1.807, 2.05) is 37.8 Å². The average Bonchev–Trinajstić information content (AvgIpc) is 2.89. The lowest BCUT2D eigenvalue weighted by molar-refractivity contribution is 0.0464. The summed E-state index contributed by atoms with van der Waals surface area (Å²) in [6.07, 6.45) is 5.16. The number of hydrogen-bond donors (Lipinski definition) is 0. The van der Waals surface area contributed by atoms with Crippen LogP contribution in [0, 0.1) is 12.8 Å². The van der Waals surface area contributed by atoms with Crippen molar-refractivity contribution < 1.29 is 9.53 Å². The minimum Gasteiger partial charge on any atom is -0.461 e. The number of fused-ring (bicyclic) bond motifs is 1. The fourth-order valence-corrected chi connectivity index (χ4v) is 3.39. The van der Waals surface area contributed by atoms with Crippen LogP contribution in [0.2, 0.25) is 0 Å². The molecule has 0 amide bonds. The highest BCUT2D eigenvalue weighted by molar-refractivity contribution is 7.20. The summed E-state index contributed by atoms with van der Waals surface area (Å²) >= 11 is 1.35. The van der Waals surface area contributed by atoms with Crippen molar-refractivity contribution in [1.82, 2.24) is 9.97 Å². The van der Waals surface area contributed by atoms with E-state index in [0.717, 1.165) is 21.6 Å². The zero-order valence-electron chi connectivity index (χ0n) is 14.4. The van der Waals surface area contributed by atoms with E-state index in [4.69, 9.17) is 4.74 Å². The Bertz CT molecular complexity index is 742. The third-order valence-electron chi connectivity index (χ3n) is 3.44. The zero-order valence-corrected chi connectivity index (χ0v) is 15.2. The molecule has 0 aromatic carbocycles. The van der Waals surface area contributed by atoms with Crippen LogP contribution in [-0.4, -0.2) is 35.6 Å². The third-order valence-corrected chi connectivity index (χ3v) is 4.62. The molecule has 0 saturated heterocycles. The number of carbonyl (C=O) groups excluding carboxylic acids is 1. The minimum atomic E-state index is -0.297. The number of aryl methyl sites for hydroxylation is 1. The predicted octanol–water partition coefficient (Wildman–Crippen LogP) is 3.99. The molecule has 5 nitrogen and oxygen atoms in total. The van der Waals surface area contributed by atoms with Crippen LogP contribution in [0.5, 0.6) is 0 Å². The molecule has 6 heteroatoms. The van der Waals surface area contributed by atoms with Gasteiger partial charge in [0.15, 0.2) is 0 Å². The molecule has 0 aliphatic heterocycles. The van der Waals surface area contributed by atoms with E-state index in [0.29, 0.717) is 30.5 Å². The van der Waals surface area contributed by atoms with Crippen LogP contribution in [0.15, 0.2) is 31.6 Å². The van der Waals surface area contributed by atoms with Crippen LogP contribution in [-0.2, 0) is 4.74 Å². The fourth-order valence-electron chi connectivity index (χ4n) is 2.35. The Hall–Kier alpha value is -2.21. The molecule has 0 N–H and O–H groups in total. The van der Waals surface area contributed by atoms with Crippen molar-refractivity contribution in [3.05, 3.63) is 42.1 Å². The second-order valence-electron chi connectivity index (χ2n) is 5.91. The van der Waals surface area contributed by atoms with E-state index in [1.54, 1.807) is 0 Å². The third kappa shape index (κ3) is 3.82. The Morgan fingerprint density at radius 1 is 1.33 bits per heavy atom. The number of ether oxygens (including phenoxy) is 1. The van der Waals surface area contributed by atoms with Gasteiger partial charge in [0.05, 0.1) is 12.0 Å². The topological polar surface area (TPSA) is 55.3 Å². The monoisotopic (exact) mass is 345 g/mol. The maximum atomic E-state index is 12.4. The summed E-state index contributed by atoms with van der Waals surface area (Å²) in [6, 6.07) is 0. The molecule has 0 radical (unpaired) electrons. The molecule has 0 bridgehead atoms. The summed E-state index contributed by atoms with van der Waals surface area (Å²) in [5.74, 6) is 0.792. The number of thiophene rings is 1. The van der Waals surface area contributed by atoms with E-state index < -0.39 is 0 Å². The van der Waals surface area contributed by atoms with Gasteiger partial charge in [0.25, 0.3) is 0 Å². The summed E-state index contributed by atoms with van der Waals surface area (Å²) in [6.45, 7) is 15.2. The molecule has 2 aromatic heterocycles. The van der Waals surface area contributed by atoms with E-state index in [2.05, 4.69) is 23.1 Å². The first-order valence-corrected chi connectivity index (χ1v) is 8.69. The van der Waals surface area contributed by atoms with Crippen molar-refractivity contribution in [3.8, 4) is 0 Å². The normalized spacial score (nSPS) is 10.8. The summed E-state index contributed by atoms with van der Waals surface area (Å²) in [4.78, 5) is 24.5. The lowest BCUT2D eigenvalue weighted by Crippen LogP contribution is -2.24. The van der Waals surface area contributed by atoms with Crippen LogP contribution in [0.4, 0.5) is 5.82 Å². The maximum absolute atomic E-state index is 12.4. The largest absolute Gasteiger partial charge is 0.461 e. The molecule has 0 atom stereocenters. The molecular formula is C18H23N3O2S. The van der Waals surface area contributed by atoms with E-state index in [-0.39, 0.29) is 5.97 Å². The van der Waals surface area contributed by atoms with Crippen molar-refractivity contribution >= 4 is 33.3 Å². The molecule has 0 aliphatic rings. The molecule has 2 rings (SSSR count). The van der Waals surface area contributed by atoms with Crippen LogP contribution in [0.1, 0.15) is 29.1 Å². The number of nitrogens with zero attached hydrogens (tertiary/aromatic N) is 3. The highest BCUT2D eigenvalue weighted by atomic mass is 32.1. The molecule has 0 fully saturated rings. The number of carbonyl (C=O) groups is 1. The smallest absolute Gasteiger partial charge is 0.348 e. The Kier molecular flexibility index (Phi) is 6.09. The zero-order chi connectivity index (χ0) is 17.7. The summed E-state index contributed by atoms with van der Waals surface area (Å²) < 4.78 is 5.37. The van der Waals surface area contributed by atoms with E-state index in [1.165, 1.54) is 17.7 Å². The molecule has 2 heterocycles. The Balaban J connectivity index is 2.47. The Labute approximate surface area is 146 Å². The maximum Gasteiger partial charge on any atom is 0.348 e. The van der Waals surface area contributed by atoms with Gasteiger partial charge in [-0.15, -0.1) is 24.5 Å². The first-order valence-electron chi connectivity index (χ1n) is 7.87. The van der Waals surface area contributed by atoms with Crippen molar-refractivity contribution in [1.29, 1.82) is 0 Å². The lowest BCUT2D eigenvalue weighted by atomic mass is 10.2. The lowest BCUT2D eigenvalue weighted by Gasteiger charge is -2.21. The van der Waals surface area contributed by atoms with Crippen LogP contribution >= 0.6 is 11.3 Å². The second-order valence-corrected chi connectivity index (χ2v) is 6.91. The van der Waals surface area contributed by atoms with Crippen molar-refractivity contribution in [2.45, 2.75) is 20.8 Å². The van der Waals surface area contributed by atoms with Gasteiger partial charge in [-0.25, -0.2) is 14.8 Å². The van der Waals surface area contributed by atoms with Gasteiger partial charge < -0.3 is 9.64 Å². The first-order chi connectivity index (χ1) is 11.5. The Morgan fingerprint density at radius 3 is 2.58 bits per heavy atom. The number of hydrogen-bond acceptors (Lipinski definition) is 6. The van der Waals surface area contributed by atoms with Gasteiger partial charge in [0, 0.05) is 13.1 Å². The van der Waals surface area contributed by atoms with Crippen LogP contribution in [0.3, 0.4) is 0 Å². The van der Waals surface area contributed by atoms with Crippen molar-refractivity contribution in [3.63, 3.8) is 0 Å². The summed E-state index contributed by atoms with van der Waals surface area (Å²) in [5, 5.41) is 0.891. The number of anilines is 1. The van der Waals surface area contributed by atoms with Crippen LogP contribution < -0.4 is 4.90 Å². The standard InChI is InChI=1S/C18H23N3O2S/c1-6-8-21(9-7-2)16-14-13(5)15(18(22)23-10-12(3)4)24-17(14)20-11-19-16/h6-7,11-12H,1-2,8-10H2,3-5H3. The SMILES string of the molecule is C=CCN(CC=C)c1ncnc2sc(C(=O)OCC(C)C)c(C)c12. The van der Waals surface area contributed by atoms with Gasteiger partial charge in [0.2, 0.25) is 0 Å². The molecule has 24 heavy (non-hydrogen) atoms. The van der Waals surface area contributed by atoms with Gasteiger partial charge in [-0.2, -0.15) is 0 Å². The van der Waals surface area contributed by atoms with E-state index in [9.17, 15) is 4.79 Å². The average molecular weight is 345 g/mol. The Morgan fingerprint density at radius 2 is 2.00 bits per heavy atom. The van der Waals surface area contributed by atoms with Gasteiger partial charge in [-0.05, 0) is 18.4 Å². The number of aromatic nitrogens is 2. The van der Waals surface area contributed by atoms with Gasteiger partial charge in [0.1, 0.15) is 21.9 Å².